The van der Waals surface area contributed by atoms with Crippen molar-refractivity contribution in [1.29, 1.82) is 0 Å². The third-order valence-corrected chi connectivity index (χ3v) is 10.9. The summed E-state index contributed by atoms with van der Waals surface area (Å²) in [5.74, 6) is 0.287. The topological polar surface area (TPSA) is 128 Å². The van der Waals surface area contributed by atoms with Crippen LogP contribution < -0.4 is 10.6 Å². The van der Waals surface area contributed by atoms with Crippen LogP contribution in [0.4, 0.5) is 11.4 Å². The molecule has 0 bridgehead atoms. The first-order valence-electron chi connectivity index (χ1n) is 15.8. The minimum atomic E-state index is -0.437. The van der Waals surface area contributed by atoms with Gasteiger partial charge < -0.3 is 15.4 Å². The number of thioether (sulfide) groups is 2. The lowest BCUT2D eigenvalue weighted by molar-refractivity contribution is -0.114. The third kappa shape index (κ3) is 8.12. The zero-order chi connectivity index (χ0) is 35.2. The average Bonchev–Trinajstić information content (AvgIpc) is 3.76. The van der Waals surface area contributed by atoms with Crippen LogP contribution in [0, 0.1) is 0 Å². The van der Waals surface area contributed by atoms with E-state index in [-0.39, 0.29) is 23.3 Å². The molecule has 5 aromatic carbocycles. The van der Waals surface area contributed by atoms with E-state index in [0.717, 1.165) is 31.6 Å². The van der Waals surface area contributed by atoms with Crippen LogP contribution in [0.1, 0.15) is 21.7 Å². The Balaban J connectivity index is 0.976. The summed E-state index contributed by atoms with van der Waals surface area (Å²) >= 11 is 4.11. The average molecular weight is 731 g/mol. The predicted octanol–water partition coefficient (Wildman–Crippen LogP) is 7.87. The van der Waals surface area contributed by atoms with E-state index in [1.165, 1.54) is 52.7 Å². The SMILES string of the molecule is COC(=O)c1ccc(NC(=O)CSc2nc3ccc(NC(=O)CSc4nnc(Cc5cccc6ccccc56)n4-c4ccccc4)cc3s2)cc1. The van der Waals surface area contributed by atoms with E-state index in [1.54, 1.807) is 24.3 Å². The van der Waals surface area contributed by atoms with Gasteiger partial charge in [-0.25, -0.2) is 9.78 Å². The highest BCUT2D eigenvalue weighted by molar-refractivity contribution is 8.01. The molecule has 13 heteroatoms. The van der Waals surface area contributed by atoms with Crippen molar-refractivity contribution < 1.29 is 19.1 Å². The predicted molar refractivity (Wildman–Crippen MR) is 204 cm³/mol. The zero-order valence-electron chi connectivity index (χ0n) is 27.2. The third-order valence-electron chi connectivity index (χ3n) is 7.84. The molecule has 0 radical (unpaired) electrons. The van der Waals surface area contributed by atoms with Crippen molar-refractivity contribution in [2.75, 3.05) is 29.2 Å². The number of nitrogens with one attached hydrogen (secondary N) is 2. The summed E-state index contributed by atoms with van der Waals surface area (Å²) in [6.07, 6.45) is 0.585. The van der Waals surface area contributed by atoms with E-state index < -0.39 is 5.97 Å². The Kier molecular flexibility index (Phi) is 10.4. The monoisotopic (exact) mass is 730 g/mol. The molecule has 0 aliphatic heterocycles. The molecule has 0 saturated heterocycles. The number of ether oxygens (including phenoxy) is 1. The molecule has 2 amide bonds. The van der Waals surface area contributed by atoms with Gasteiger partial charge in [-0.2, -0.15) is 0 Å². The molecule has 0 aliphatic rings. The van der Waals surface area contributed by atoms with Crippen LogP contribution >= 0.6 is 34.9 Å². The first-order chi connectivity index (χ1) is 24.9. The number of amides is 2. The Labute approximate surface area is 305 Å². The lowest BCUT2D eigenvalue weighted by Gasteiger charge is -2.11. The van der Waals surface area contributed by atoms with E-state index in [0.29, 0.717) is 28.5 Å². The number of esters is 1. The van der Waals surface area contributed by atoms with E-state index in [1.807, 2.05) is 65.2 Å². The Morgan fingerprint density at radius 1 is 0.765 bits per heavy atom. The van der Waals surface area contributed by atoms with Gasteiger partial charge in [0.2, 0.25) is 11.8 Å². The zero-order valence-corrected chi connectivity index (χ0v) is 29.7. The lowest BCUT2D eigenvalue weighted by Crippen LogP contribution is -2.14. The first kappa shape index (κ1) is 34.0. The number of nitrogens with zero attached hydrogens (tertiary/aromatic N) is 4. The summed E-state index contributed by atoms with van der Waals surface area (Å²) < 4.78 is 8.35. The van der Waals surface area contributed by atoms with E-state index in [9.17, 15) is 14.4 Å². The molecule has 0 unspecified atom stereocenters. The maximum atomic E-state index is 13.1. The molecule has 7 aromatic rings. The molecule has 0 saturated carbocycles. The van der Waals surface area contributed by atoms with Gasteiger partial charge in [0.1, 0.15) is 5.82 Å². The molecule has 10 nitrogen and oxygen atoms in total. The number of methoxy groups -OCH3 is 1. The van der Waals surface area contributed by atoms with Gasteiger partial charge in [-0.1, -0.05) is 84.2 Å². The van der Waals surface area contributed by atoms with Crippen molar-refractivity contribution in [3.8, 4) is 5.69 Å². The quantitative estimate of drug-likeness (QED) is 0.0954. The Morgan fingerprint density at radius 3 is 2.27 bits per heavy atom. The summed E-state index contributed by atoms with van der Waals surface area (Å²) in [5, 5.41) is 17.9. The minimum absolute atomic E-state index is 0.140. The van der Waals surface area contributed by atoms with Gasteiger partial charge in [0.05, 0.1) is 34.4 Å². The maximum Gasteiger partial charge on any atom is 0.337 e. The number of thiazole rings is 1. The number of anilines is 2. The molecule has 7 rings (SSSR count). The van der Waals surface area contributed by atoms with Crippen molar-refractivity contribution in [2.45, 2.75) is 15.9 Å². The summed E-state index contributed by atoms with van der Waals surface area (Å²) in [7, 11) is 1.32. The van der Waals surface area contributed by atoms with Crippen LogP contribution in [-0.2, 0) is 20.7 Å². The van der Waals surface area contributed by atoms with Crippen LogP contribution in [0.3, 0.4) is 0 Å². The molecule has 51 heavy (non-hydrogen) atoms. The van der Waals surface area contributed by atoms with Crippen molar-refractivity contribution in [3.63, 3.8) is 0 Å². The van der Waals surface area contributed by atoms with Gasteiger partial charge in [-0.15, -0.1) is 21.5 Å². The van der Waals surface area contributed by atoms with Gasteiger partial charge >= 0.3 is 5.97 Å². The number of rotatable bonds is 12. The molecule has 254 valence electrons. The Bertz CT molecular complexity index is 2350. The van der Waals surface area contributed by atoms with Gasteiger partial charge in [0, 0.05) is 23.5 Å². The second-order valence-corrected chi connectivity index (χ2v) is 14.5. The van der Waals surface area contributed by atoms with Crippen LogP contribution in [0.25, 0.3) is 26.7 Å². The molecule has 2 aromatic heterocycles. The van der Waals surface area contributed by atoms with Gasteiger partial charge in [0.15, 0.2) is 9.50 Å². The summed E-state index contributed by atoms with van der Waals surface area (Å²) in [4.78, 5) is 41.9. The number of aromatic nitrogens is 4. The highest BCUT2D eigenvalue weighted by Gasteiger charge is 2.18. The maximum absolute atomic E-state index is 13.1. The second kappa shape index (κ2) is 15.6. The number of benzene rings is 5. The summed E-state index contributed by atoms with van der Waals surface area (Å²) in [6, 6.07) is 36.6. The smallest absolute Gasteiger partial charge is 0.337 e. The second-order valence-electron chi connectivity index (χ2n) is 11.3. The molecule has 2 heterocycles. The molecular weight excluding hydrogens is 701 g/mol. The molecule has 0 atom stereocenters. The first-order valence-corrected chi connectivity index (χ1v) is 18.6. The van der Waals surface area contributed by atoms with Crippen LogP contribution in [-0.4, -0.2) is 56.1 Å². The fourth-order valence-corrected chi connectivity index (χ4v) is 8.14. The van der Waals surface area contributed by atoms with E-state index >= 15 is 0 Å². The largest absolute Gasteiger partial charge is 0.465 e. The van der Waals surface area contributed by atoms with Crippen molar-refractivity contribution in [2.24, 2.45) is 0 Å². The number of para-hydroxylation sites is 1. The van der Waals surface area contributed by atoms with Gasteiger partial charge in [-0.3, -0.25) is 14.2 Å². The van der Waals surface area contributed by atoms with Crippen molar-refractivity contribution in [1.82, 2.24) is 19.7 Å². The number of hydrogen-bond donors (Lipinski definition) is 2. The van der Waals surface area contributed by atoms with Crippen LogP contribution in [0.5, 0.6) is 0 Å². The molecule has 0 spiro atoms. The molecule has 2 N–H and O–H groups in total. The van der Waals surface area contributed by atoms with Gasteiger partial charge in [0.25, 0.3) is 0 Å². The summed E-state index contributed by atoms with van der Waals surface area (Å²) in [6.45, 7) is 0. The fraction of sp³-hybridized carbons (Fsp3) is 0.105. The number of carbonyl (C=O) groups is 3. The van der Waals surface area contributed by atoms with Crippen molar-refractivity contribution >= 4 is 85.0 Å². The van der Waals surface area contributed by atoms with Gasteiger partial charge in [-0.05, 0) is 70.9 Å². The normalized spacial score (nSPS) is 11.1. The number of carbonyl (C=O) groups excluding carboxylic acids is 3. The van der Waals surface area contributed by atoms with Crippen molar-refractivity contribution in [3.05, 3.63) is 132 Å². The standard InChI is InChI=1S/C38H30N6O4S3/c1-48-36(47)25-14-16-27(17-15-25)39-35(46)23-50-38-41-31-19-18-28(21-32(31)51-38)40-34(45)22-49-37-43-42-33(44(37)29-11-3-2-4-12-29)20-26-10-7-9-24-8-5-6-13-30(24)26/h2-19,21H,20,22-23H2,1H3,(H,39,46)(H,40,45). The Morgan fingerprint density at radius 2 is 1.47 bits per heavy atom. The van der Waals surface area contributed by atoms with Crippen LogP contribution in [0.15, 0.2) is 125 Å². The molecule has 0 aliphatic carbocycles. The number of fused-ring (bicyclic) bond motifs is 2. The lowest BCUT2D eigenvalue weighted by atomic mass is 10.0. The molecular formula is C38H30N6O4S3. The number of hydrogen-bond acceptors (Lipinski definition) is 10. The Hall–Kier alpha value is -5.50. The highest BCUT2D eigenvalue weighted by Crippen LogP contribution is 2.32. The van der Waals surface area contributed by atoms with Crippen LogP contribution in [0.2, 0.25) is 0 Å². The highest BCUT2D eigenvalue weighted by atomic mass is 32.2. The fourth-order valence-electron chi connectivity index (χ4n) is 5.46. The minimum Gasteiger partial charge on any atom is -0.465 e. The van der Waals surface area contributed by atoms with E-state index in [2.05, 4.69) is 56.1 Å². The van der Waals surface area contributed by atoms with E-state index in [4.69, 9.17) is 4.74 Å². The summed E-state index contributed by atoms with van der Waals surface area (Å²) in [5.41, 5.74) is 4.50. The molecule has 0 fully saturated rings.